The zero-order valence-electron chi connectivity index (χ0n) is 28.4. The minimum absolute atomic E-state index is 0. The standard InChI is InChI=1S/C14H14N6.C14H12N6.C7H6N2.H2N2.O2.H2O.H2/c2*15-11-5-1-3-9(7-11)13-17-19-14(20-18-13)10-4-2-6-12(16)8-10;8-5-6-2-1-3-7(9)4-6;2*1-2;;/h1-8H,15-16H2,(H,17,18)(H,19,20);1-8H,15-16H2;1-4H,9H2;1-2H;;1H2;1H. The first kappa shape index (κ1) is 41.8. The van der Waals surface area contributed by atoms with Gasteiger partial charge in [-0.15, -0.1) is 20.4 Å². The van der Waals surface area contributed by atoms with E-state index in [0.717, 1.165) is 22.3 Å². The maximum atomic E-state index is 8.36. The molecule has 19 nitrogen and oxygen atoms in total. The summed E-state index contributed by atoms with van der Waals surface area (Å²) in [4.78, 5) is 14.0. The third-order valence-corrected chi connectivity index (χ3v) is 6.65. The van der Waals surface area contributed by atoms with Crippen LogP contribution < -0.4 is 39.5 Å². The van der Waals surface area contributed by atoms with Gasteiger partial charge in [-0.2, -0.15) is 15.5 Å². The molecular weight excluding hydrogens is 692 g/mol. The van der Waals surface area contributed by atoms with E-state index in [1.54, 1.807) is 48.5 Å². The highest BCUT2D eigenvalue weighted by molar-refractivity contribution is 6.06. The van der Waals surface area contributed by atoms with Gasteiger partial charge in [0.05, 0.1) is 11.6 Å². The maximum absolute atomic E-state index is 8.36. The summed E-state index contributed by atoms with van der Waals surface area (Å²) in [6, 6.07) is 38.2. The predicted octanol–water partition coefficient (Wildman–Crippen LogP) is 4.06. The van der Waals surface area contributed by atoms with Crippen LogP contribution in [0.3, 0.4) is 0 Å². The molecule has 0 bridgehead atoms. The zero-order chi connectivity index (χ0) is 38.6. The van der Waals surface area contributed by atoms with Gasteiger partial charge in [-0.05, 0) is 66.7 Å². The third-order valence-electron chi connectivity index (χ3n) is 6.65. The molecule has 0 saturated carbocycles. The van der Waals surface area contributed by atoms with Crippen molar-refractivity contribution in [2.24, 2.45) is 10.2 Å². The van der Waals surface area contributed by atoms with Crippen LogP contribution in [-0.2, 0) is 0 Å². The quantitative estimate of drug-likeness (QED) is 0.0912. The number of nitrogens with zero attached hydrogens (tertiary/aromatic N) is 7. The topological polar surface area (TPSA) is 368 Å². The second-order valence-corrected chi connectivity index (χ2v) is 10.4. The lowest BCUT2D eigenvalue weighted by atomic mass is 10.2. The third kappa shape index (κ3) is 12.5. The number of rotatable bonds is 4. The van der Waals surface area contributed by atoms with Gasteiger partial charge in [0.2, 0.25) is 11.6 Å². The van der Waals surface area contributed by atoms with E-state index < -0.39 is 0 Å². The van der Waals surface area contributed by atoms with Crippen LogP contribution in [0.5, 0.6) is 0 Å². The largest absolute Gasteiger partial charge is 0.412 e. The maximum Gasteiger partial charge on any atom is 0.203 e. The van der Waals surface area contributed by atoms with E-state index in [1.807, 2.05) is 78.9 Å². The number of amidine groups is 2. The lowest BCUT2D eigenvalue weighted by Gasteiger charge is -2.15. The normalized spacial score (nSPS) is 10.5. The van der Waals surface area contributed by atoms with Gasteiger partial charge in [0, 0.05) is 62.0 Å². The molecule has 0 atom stereocenters. The number of nitrogens with one attached hydrogen (secondary N) is 4. The minimum Gasteiger partial charge on any atom is -0.412 e. The Hall–Kier alpha value is -8.37. The highest BCUT2D eigenvalue weighted by Gasteiger charge is 2.12. The second-order valence-electron chi connectivity index (χ2n) is 10.4. The van der Waals surface area contributed by atoms with Crippen LogP contribution in [0, 0.1) is 32.3 Å². The van der Waals surface area contributed by atoms with Crippen molar-refractivity contribution < 1.29 is 6.90 Å². The molecule has 0 amide bonds. The molecule has 19 heteroatoms. The van der Waals surface area contributed by atoms with Crippen molar-refractivity contribution in [2.75, 3.05) is 28.7 Å². The molecule has 7 rings (SSSR count). The monoisotopic (exact) mass is 730 g/mol. The van der Waals surface area contributed by atoms with Gasteiger partial charge >= 0.3 is 0 Å². The first-order valence-electron chi connectivity index (χ1n) is 15.1. The predicted molar refractivity (Wildman–Crippen MR) is 212 cm³/mol. The second kappa shape index (κ2) is 21.7. The van der Waals surface area contributed by atoms with Crippen molar-refractivity contribution in [3.8, 4) is 28.8 Å². The Morgan fingerprint density at radius 2 is 0.796 bits per heavy atom. The Balaban J connectivity index is 0.000000410. The fourth-order valence-corrected chi connectivity index (χ4v) is 4.32. The first-order valence-corrected chi connectivity index (χ1v) is 15.1. The van der Waals surface area contributed by atoms with Crippen molar-refractivity contribution in [3.63, 3.8) is 0 Å². The van der Waals surface area contributed by atoms with Gasteiger partial charge in [-0.1, -0.05) is 54.6 Å². The van der Waals surface area contributed by atoms with Crippen LogP contribution in [0.2, 0.25) is 0 Å². The molecular formula is C35H38N16O3. The number of nitriles is 1. The van der Waals surface area contributed by atoms with Crippen molar-refractivity contribution in [3.05, 3.63) is 148 Å². The smallest absolute Gasteiger partial charge is 0.203 e. The number of hydrogen-bond donors (Lipinski definition) is 9. The molecule has 276 valence electrons. The Kier molecular flexibility index (Phi) is 16.8. The summed E-state index contributed by atoms with van der Waals surface area (Å²) in [5.41, 5.74) is 51.3. The van der Waals surface area contributed by atoms with Crippen molar-refractivity contribution in [1.29, 1.82) is 16.3 Å². The van der Waals surface area contributed by atoms with E-state index in [1.165, 1.54) is 0 Å². The van der Waals surface area contributed by atoms with Crippen LogP contribution in [0.15, 0.2) is 132 Å². The average Bonchev–Trinajstić information content (AvgIpc) is 3.20. The molecule has 5 aromatic carbocycles. The molecule has 0 saturated heterocycles. The number of anilines is 5. The average molecular weight is 731 g/mol. The summed E-state index contributed by atoms with van der Waals surface area (Å²) in [6.45, 7) is 0. The summed E-state index contributed by atoms with van der Waals surface area (Å²) < 4.78 is 0. The van der Waals surface area contributed by atoms with Crippen molar-refractivity contribution in [2.45, 2.75) is 0 Å². The van der Waals surface area contributed by atoms with Gasteiger partial charge in [0.15, 0.2) is 11.7 Å². The molecule has 1 aromatic heterocycles. The summed E-state index contributed by atoms with van der Waals surface area (Å²) in [5.74, 6) is 2.10. The van der Waals surface area contributed by atoms with E-state index in [4.69, 9.17) is 54.9 Å². The molecule has 16 N–H and O–H groups in total. The van der Waals surface area contributed by atoms with E-state index in [9.17, 15) is 0 Å². The van der Waals surface area contributed by atoms with Gasteiger partial charge in [0.1, 0.15) is 0 Å². The van der Waals surface area contributed by atoms with Crippen molar-refractivity contribution >= 4 is 40.1 Å². The van der Waals surface area contributed by atoms with Gasteiger partial charge < -0.3 is 34.1 Å². The molecule has 1 aliphatic rings. The van der Waals surface area contributed by atoms with Crippen LogP contribution in [-0.4, -0.2) is 37.5 Å². The van der Waals surface area contributed by atoms with Crippen LogP contribution in [0.4, 0.5) is 28.4 Å². The lowest BCUT2D eigenvalue weighted by molar-refractivity contribution is 0.824. The number of benzene rings is 5. The first-order chi connectivity index (χ1) is 25.8. The summed E-state index contributed by atoms with van der Waals surface area (Å²) in [5, 5.41) is 33.2. The Morgan fingerprint density at radius 1 is 0.500 bits per heavy atom. The Morgan fingerprint density at radius 3 is 1.07 bits per heavy atom. The highest BCUT2D eigenvalue weighted by Crippen LogP contribution is 2.19. The van der Waals surface area contributed by atoms with Crippen LogP contribution in [0.1, 0.15) is 18.1 Å². The Bertz CT molecular complexity index is 2090. The molecule has 54 heavy (non-hydrogen) atoms. The summed E-state index contributed by atoms with van der Waals surface area (Å²) in [6.07, 6.45) is 0. The fourth-order valence-electron chi connectivity index (χ4n) is 4.32. The number of nitrogen functional groups attached to an aromatic ring is 5. The number of nitrogens with two attached hydrogens (primary N) is 5. The molecule has 2 heterocycles. The summed E-state index contributed by atoms with van der Waals surface area (Å²) in [7, 11) is 0. The molecule has 0 aliphatic carbocycles. The van der Waals surface area contributed by atoms with E-state index in [2.05, 4.69) is 41.4 Å². The number of hydrazone groups is 2. The van der Waals surface area contributed by atoms with Crippen LogP contribution in [0.25, 0.3) is 22.8 Å². The van der Waals surface area contributed by atoms with E-state index in [0.29, 0.717) is 57.3 Å². The van der Waals surface area contributed by atoms with Gasteiger partial charge in [0.25, 0.3) is 0 Å². The highest BCUT2D eigenvalue weighted by atomic mass is 16.7. The van der Waals surface area contributed by atoms with E-state index >= 15 is 0 Å². The molecule has 0 unspecified atom stereocenters. The number of hydrogen-bond acceptors (Lipinski definition) is 18. The van der Waals surface area contributed by atoms with E-state index in [-0.39, 0.29) is 6.90 Å². The van der Waals surface area contributed by atoms with Crippen LogP contribution >= 0.6 is 0 Å². The fraction of sp³-hybridized carbons (Fsp3) is 0. The Labute approximate surface area is 309 Å². The van der Waals surface area contributed by atoms with Gasteiger partial charge in [-0.25, -0.2) is 11.1 Å². The summed E-state index contributed by atoms with van der Waals surface area (Å²) >= 11 is 0. The molecule has 6 aromatic rings. The zero-order valence-corrected chi connectivity index (χ0v) is 28.4. The lowest BCUT2D eigenvalue weighted by Crippen LogP contribution is -2.34. The molecule has 1 aliphatic heterocycles. The van der Waals surface area contributed by atoms with Crippen molar-refractivity contribution in [1.82, 2.24) is 31.2 Å². The minimum atomic E-state index is 0. The molecule has 0 spiro atoms. The molecule has 0 radical (unpaired) electrons. The number of aromatic nitrogens is 4. The van der Waals surface area contributed by atoms with Gasteiger partial charge in [-0.3, -0.25) is 10.9 Å². The molecule has 0 fully saturated rings. The SMILES string of the molecule is N#Cc1cccc(N)c1.N=N.Nc1cccc(-c2nnc(-c3cccc(N)c3)nn2)c1.Nc1cccc(C2=NNC(c3cccc(N)c3)=NN2)c1.O.O=O.[HH].